The second-order valence-electron chi connectivity index (χ2n) is 3.73. The molecule has 0 fully saturated rings. The first-order valence-corrected chi connectivity index (χ1v) is 5.53. The zero-order valence-corrected chi connectivity index (χ0v) is 9.73. The number of aryl methyl sites for hydroxylation is 1. The summed E-state index contributed by atoms with van der Waals surface area (Å²) in [4.78, 5) is 10.5. The van der Waals surface area contributed by atoms with Gasteiger partial charge in [-0.15, -0.1) is 0 Å². The summed E-state index contributed by atoms with van der Waals surface area (Å²) in [5.74, 6) is 0.376. The standard InChI is InChI=1S/C12H17NO3/c1-3-4-5-9-16-11-8-6-7-10(2)12(11)13(14)15/h6-8H,3-5,9H2,1-2H3. The Balaban J connectivity index is 2.71. The fourth-order valence-corrected chi connectivity index (χ4v) is 1.52. The van der Waals surface area contributed by atoms with Crippen molar-refractivity contribution in [2.24, 2.45) is 0 Å². The molecule has 4 nitrogen and oxygen atoms in total. The lowest BCUT2D eigenvalue weighted by atomic mass is 10.2. The number of nitro benzene ring substituents is 1. The molecule has 0 amide bonds. The second-order valence-corrected chi connectivity index (χ2v) is 3.73. The van der Waals surface area contributed by atoms with Crippen LogP contribution in [0, 0.1) is 17.0 Å². The minimum Gasteiger partial charge on any atom is -0.487 e. The highest BCUT2D eigenvalue weighted by Crippen LogP contribution is 2.30. The topological polar surface area (TPSA) is 52.4 Å². The van der Waals surface area contributed by atoms with Crippen molar-refractivity contribution in [3.05, 3.63) is 33.9 Å². The van der Waals surface area contributed by atoms with E-state index in [0.717, 1.165) is 19.3 Å². The van der Waals surface area contributed by atoms with E-state index >= 15 is 0 Å². The first-order valence-electron chi connectivity index (χ1n) is 5.53. The molecular formula is C12H17NO3. The quantitative estimate of drug-likeness (QED) is 0.421. The Kier molecular flexibility index (Phi) is 4.76. The van der Waals surface area contributed by atoms with Gasteiger partial charge in [0, 0.05) is 5.56 Å². The Hall–Kier alpha value is -1.58. The number of hydrogen-bond donors (Lipinski definition) is 0. The normalized spacial score (nSPS) is 10.1. The van der Waals surface area contributed by atoms with E-state index in [4.69, 9.17) is 4.74 Å². The van der Waals surface area contributed by atoms with Gasteiger partial charge in [0.15, 0.2) is 5.75 Å². The summed E-state index contributed by atoms with van der Waals surface area (Å²) in [6.45, 7) is 4.37. The van der Waals surface area contributed by atoms with Crippen molar-refractivity contribution in [1.82, 2.24) is 0 Å². The minimum absolute atomic E-state index is 0.0824. The van der Waals surface area contributed by atoms with E-state index in [2.05, 4.69) is 6.92 Å². The fourth-order valence-electron chi connectivity index (χ4n) is 1.52. The average Bonchev–Trinajstić information content (AvgIpc) is 2.24. The molecule has 0 aliphatic rings. The van der Waals surface area contributed by atoms with E-state index in [-0.39, 0.29) is 10.6 Å². The summed E-state index contributed by atoms with van der Waals surface area (Å²) in [5, 5.41) is 10.9. The number of rotatable bonds is 6. The number of nitrogens with zero attached hydrogens (tertiary/aromatic N) is 1. The van der Waals surface area contributed by atoms with Crippen molar-refractivity contribution >= 4 is 5.69 Å². The molecule has 0 aliphatic heterocycles. The minimum atomic E-state index is -0.384. The van der Waals surface area contributed by atoms with Crippen LogP contribution < -0.4 is 4.74 Å². The van der Waals surface area contributed by atoms with Crippen LogP contribution in [0.5, 0.6) is 5.75 Å². The lowest BCUT2D eigenvalue weighted by Crippen LogP contribution is -2.01. The van der Waals surface area contributed by atoms with Gasteiger partial charge in [0.1, 0.15) is 0 Å². The van der Waals surface area contributed by atoms with Gasteiger partial charge in [-0.05, 0) is 19.4 Å². The van der Waals surface area contributed by atoms with Gasteiger partial charge in [-0.25, -0.2) is 0 Å². The Morgan fingerprint density at radius 2 is 2.12 bits per heavy atom. The SMILES string of the molecule is CCCCCOc1cccc(C)c1[N+](=O)[O-]. The number of unbranched alkanes of at least 4 members (excludes halogenated alkanes) is 2. The van der Waals surface area contributed by atoms with E-state index in [1.165, 1.54) is 0 Å². The highest BCUT2D eigenvalue weighted by molar-refractivity contribution is 5.51. The van der Waals surface area contributed by atoms with Gasteiger partial charge in [-0.1, -0.05) is 31.9 Å². The molecule has 0 spiro atoms. The van der Waals surface area contributed by atoms with Gasteiger partial charge in [0.25, 0.3) is 0 Å². The molecule has 4 heteroatoms. The van der Waals surface area contributed by atoms with E-state index in [0.29, 0.717) is 17.9 Å². The van der Waals surface area contributed by atoms with E-state index in [9.17, 15) is 10.1 Å². The third kappa shape index (κ3) is 3.22. The third-order valence-corrected chi connectivity index (χ3v) is 2.39. The van der Waals surface area contributed by atoms with Crippen LogP contribution in [0.2, 0.25) is 0 Å². The lowest BCUT2D eigenvalue weighted by molar-refractivity contribution is -0.386. The van der Waals surface area contributed by atoms with Crippen LogP contribution >= 0.6 is 0 Å². The Bertz CT molecular complexity index is 363. The van der Waals surface area contributed by atoms with Crippen molar-refractivity contribution in [3.63, 3.8) is 0 Å². The number of para-hydroxylation sites is 1. The zero-order valence-electron chi connectivity index (χ0n) is 9.73. The summed E-state index contributed by atoms with van der Waals surface area (Å²) in [6, 6.07) is 5.14. The van der Waals surface area contributed by atoms with Gasteiger partial charge in [-0.2, -0.15) is 0 Å². The molecule has 0 bridgehead atoms. The molecule has 16 heavy (non-hydrogen) atoms. The molecular weight excluding hydrogens is 206 g/mol. The number of benzene rings is 1. The van der Waals surface area contributed by atoms with Crippen LogP contribution in [0.4, 0.5) is 5.69 Å². The van der Waals surface area contributed by atoms with E-state index in [1.54, 1.807) is 25.1 Å². The number of ether oxygens (including phenoxy) is 1. The smallest absolute Gasteiger partial charge is 0.313 e. The summed E-state index contributed by atoms with van der Waals surface area (Å²) in [7, 11) is 0. The van der Waals surface area contributed by atoms with Gasteiger partial charge < -0.3 is 4.74 Å². The number of hydrogen-bond acceptors (Lipinski definition) is 3. The van der Waals surface area contributed by atoms with Crippen molar-refractivity contribution < 1.29 is 9.66 Å². The highest BCUT2D eigenvalue weighted by Gasteiger charge is 2.17. The highest BCUT2D eigenvalue weighted by atomic mass is 16.6. The predicted octanol–water partition coefficient (Wildman–Crippen LogP) is 3.47. The maximum Gasteiger partial charge on any atom is 0.313 e. The van der Waals surface area contributed by atoms with Gasteiger partial charge in [0.05, 0.1) is 11.5 Å². The van der Waals surface area contributed by atoms with Gasteiger partial charge in [0.2, 0.25) is 0 Å². The first-order chi connectivity index (χ1) is 7.66. The summed E-state index contributed by atoms with van der Waals surface area (Å²) >= 11 is 0. The fraction of sp³-hybridized carbons (Fsp3) is 0.500. The van der Waals surface area contributed by atoms with Crippen LogP contribution in [-0.2, 0) is 0 Å². The molecule has 0 aliphatic carbocycles. The molecule has 1 aromatic rings. The molecule has 0 N–H and O–H groups in total. The lowest BCUT2D eigenvalue weighted by Gasteiger charge is -2.07. The van der Waals surface area contributed by atoms with Crippen LogP contribution in [0.15, 0.2) is 18.2 Å². The maximum atomic E-state index is 10.9. The van der Waals surface area contributed by atoms with Crippen LogP contribution in [-0.4, -0.2) is 11.5 Å². The van der Waals surface area contributed by atoms with Gasteiger partial charge in [-0.3, -0.25) is 10.1 Å². The molecule has 0 atom stereocenters. The average molecular weight is 223 g/mol. The molecule has 88 valence electrons. The molecule has 0 saturated heterocycles. The zero-order chi connectivity index (χ0) is 12.0. The molecule has 1 aromatic carbocycles. The van der Waals surface area contributed by atoms with Crippen molar-refractivity contribution in [3.8, 4) is 5.75 Å². The third-order valence-electron chi connectivity index (χ3n) is 2.39. The second kappa shape index (κ2) is 6.10. The molecule has 0 saturated carbocycles. The van der Waals surface area contributed by atoms with E-state index < -0.39 is 0 Å². The Morgan fingerprint density at radius 3 is 2.75 bits per heavy atom. The monoisotopic (exact) mass is 223 g/mol. The van der Waals surface area contributed by atoms with Crippen molar-refractivity contribution in [1.29, 1.82) is 0 Å². The summed E-state index contributed by atoms with van der Waals surface area (Å²) in [6.07, 6.45) is 3.13. The molecule has 0 aromatic heterocycles. The maximum absolute atomic E-state index is 10.9. The Morgan fingerprint density at radius 1 is 1.38 bits per heavy atom. The van der Waals surface area contributed by atoms with Crippen molar-refractivity contribution in [2.45, 2.75) is 33.1 Å². The van der Waals surface area contributed by atoms with Crippen LogP contribution in [0.25, 0.3) is 0 Å². The number of nitro groups is 1. The Labute approximate surface area is 95.4 Å². The molecule has 1 rings (SSSR count). The molecule has 0 radical (unpaired) electrons. The first kappa shape index (κ1) is 12.5. The van der Waals surface area contributed by atoms with Crippen LogP contribution in [0.3, 0.4) is 0 Å². The predicted molar refractivity (Wildman–Crippen MR) is 62.9 cm³/mol. The summed E-state index contributed by atoms with van der Waals surface area (Å²) < 4.78 is 5.44. The largest absolute Gasteiger partial charge is 0.487 e. The molecule has 0 unspecified atom stereocenters. The van der Waals surface area contributed by atoms with Crippen molar-refractivity contribution in [2.75, 3.05) is 6.61 Å². The molecule has 0 heterocycles. The van der Waals surface area contributed by atoms with Gasteiger partial charge >= 0.3 is 5.69 Å². The summed E-state index contributed by atoms with van der Waals surface area (Å²) in [5.41, 5.74) is 0.719. The van der Waals surface area contributed by atoms with E-state index in [1.807, 2.05) is 0 Å². The van der Waals surface area contributed by atoms with Crippen LogP contribution in [0.1, 0.15) is 31.7 Å².